The lowest BCUT2D eigenvalue weighted by atomic mass is 9.79. The van der Waals surface area contributed by atoms with E-state index in [4.69, 9.17) is 26.8 Å². The Morgan fingerprint density at radius 1 is 1.33 bits per heavy atom. The topological polar surface area (TPSA) is 60.7 Å². The van der Waals surface area contributed by atoms with Crippen molar-refractivity contribution in [1.29, 1.82) is 0 Å². The van der Waals surface area contributed by atoms with E-state index in [-0.39, 0.29) is 10.5 Å². The molecule has 0 spiro atoms. The smallest absolute Gasteiger partial charge is 0.492 e. The molecular formula is C6H5BClFO3. The molecule has 0 bridgehead atoms. The molecule has 12 heavy (non-hydrogen) atoms. The molecule has 0 unspecified atom stereocenters. The van der Waals surface area contributed by atoms with E-state index in [0.29, 0.717) is 0 Å². The van der Waals surface area contributed by atoms with E-state index in [1.165, 1.54) is 0 Å². The van der Waals surface area contributed by atoms with Crippen molar-refractivity contribution in [2.24, 2.45) is 0 Å². The largest absolute Gasteiger partial charge is 0.507 e. The SMILES string of the molecule is OB(O)c1cc(F)cc(Cl)c1O. The summed E-state index contributed by atoms with van der Waals surface area (Å²) in [6.07, 6.45) is 0. The number of phenolic OH excluding ortho intramolecular Hbond substituents is 1. The van der Waals surface area contributed by atoms with Crippen LogP contribution < -0.4 is 5.46 Å². The van der Waals surface area contributed by atoms with Crippen molar-refractivity contribution >= 4 is 24.2 Å². The Labute approximate surface area is 73.2 Å². The van der Waals surface area contributed by atoms with Gasteiger partial charge in [0.25, 0.3) is 0 Å². The van der Waals surface area contributed by atoms with E-state index in [1.807, 2.05) is 0 Å². The van der Waals surface area contributed by atoms with Gasteiger partial charge in [-0.3, -0.25) is 0 Å². The molecule has 0 aliphatic carbocycles. The van der Waals surface area contributed by atoms with E-state index in [0.717, 1.165) is 12.1 Å². The third-order valence-corrected chi connectivity index (χ3v) is 1.62. The summed E-state index contributed by atoms with van der Waals surface area (Å²) in [5.74, 6) is -1.26. The van der Waals surface area contributed by atoms with Crippen LogP contribution in [0.25, 0.3) is 0 Å². The molecule has 0 saturated carbocycles. The summed E-state index contributed by atoms with van der Waals surface area (Å²) in [7, 11) is -1.93. The van der Waals surface area contributed by atoms with Gasteiger partial charge < -0.3 is 15.2 Å². The molecule has 1 aromatic rings. The molecule has 0 radical (unpaired) electrons. The molecule has 1 aromatic carbocycles. The predicted octanol–water partition coefficient (Wildman–Crippen LogP) is -0.136. The van der Waals surface area contributed by atoms with Crippen LogP contribution in [0.2, 0.25) is 5.02 Å². The summed E-state index contributed by atoms with van der Waals surface area (Å²) in [4.78, 5) is 0. The summed E-state index contributed by atoms with van der Waals surface area (Å²) >= 11 is 5.35. The number of rotatable bonds is 1. The molecule has 0 aliphatic rings. The Bertz CT molecular complexity index is 305. The van der Waals surface area contributed by atoms with Crippen LogP contribution in [0.4, 0.5) is 4.39 Å². The highest BCUT2D eigenvalue weighted by Gasteiger charge is 2.19. The van der Waals surface area contributed by atoms with Gasteiger partial charge in [-0.25, -0.2) is 4.39 Å². The number of aromatic hydroxyl groups is 1. The van der Waals surface area contributed by atoms with Gasteiger partial charge in [0.1, 0.15) is 11.6 Å². The van der Waals surface area contributed by atoms with Gasteiger partial charge in [0.2, 0.25) is 0 Å². The third kappa shape index (κ3) is 1.69. The molecule has 0 saturated heterocycles. The first kappa shape index (κ1) is 9.31. The van der Waals surface area contributed by atoms with Gasteiger partial charge in [-0.15, -0.1) is 0 Å². The number of halogens is 2. The van der Waals surface area contributed by atoms with Crippen molar-refractivity contribution in [3.8, 4) is 5.75 Å². The molecule has 0 atom stereocenters. The summed E-state index contributed by atoms with van der Waals surface area (Å²) in [6.45, 7) is 0. The molecule has 0 fully saturated rings. The highest BCUT2D eigenvalue weighted by atomic mass is 35.5. The molecule has 0 aliphatic heterocycles. The minimum atomic E-state index is -1.93. The summed E-state index contributed by atoms with van der Waals surface area (Å²) in [6, 6.07) is 1.68. The predicted molar refractivity (Wildman–Crippen MR) is 42.9 cm³/mol. The van der Waals surface area contributed by atoms with Crippen LogP contribution in [0.3, 0.4) is 0 Å². The van der Waals surface area contributed by atoms with Crippen molar-refractivity contribution in [2.75, 3.05) is 0 Å². The quantitative estimate of drug-likeness (QED) is 0.540. The molecule has 0 heterocycles. The van der Waals surface area contributed by atoms with Gasteiger partial charge in [0.15, 0.2) is 0 Å². The van der Waals surface area contributed by atoms with Gasteiger partial charge in [-0.2, -0.15) is 0 Å². The summed E-state index contributed by atoms with van der Waals surface area (Å²) in [5, 5.41) is 26.1. The number of hydrogen-bond donors (Lipinski definition) is 3. The first-order valence-corrected chi connectivity index (χ1v) is 3.44. The van der Waals surface area contributed by atoms with Crippen molar-refractivity contribution in [3.05, 3.63) is 23.0 Å². The van der Waals surface area contributed by atoms with E-state index >= 15 is 0 Å². The Morgan fingerprint density at radius 3 is 2.42 bits per heavy atom. The van der Waals surface area contributed by atoms with Crippen LogP contribution in [0.15, 0.2) is 12.1 Å². The molecule has 0 aromatic heterocycles. The normalized spacial score (nSPS) is 10.0. The fourth-order valence-electron chi connectivity index (χ4n) is 0.783. The highest BCUT2D eigenvalue weighted by molar-refractivity contribution is 6.60. The average molecular weight is 190 g/mol. The van der Waals surface area contributed by atoms with E-state index < -0.39 is 18.7 Å². The first-order chi connectivity index (χ1) is 5.52. The summed E-state index contributed by atoms with van der Waals surface area (Å²) in [5.41, 5.74) is -0.347. The molecule has 3 nitrogen and oxygen atoms in total. The van der Waals surface area contributed by atoms with Crippen LogP contribution >= 0.6 is 11.6 Å². The molecular weight excluding hydrogens is 185 g/mol. The first-order valence-electron chi connectivity index (χ1n) is 3.06. The fraction of sp³-hybridized carbons (Fsp3) is 0. The van der Waals surface area contributed by atoms with E-state index in [1.54, 1.807) is 0 Å². The van der Waals surface area contributed by atoms with Gasteiger partial charge in [-0.05, 0) is 12.1 Å². The van der Waals surface area contributed by atoms with Gasteiger partial charge in [0, 0.05) is 5.46 Å². The van der Waals surface area contributed by atoms with Crippen molar-refractivity contribution < 1.29 is 19.5 Å². The number of phenols is 1. The summed E-state index contributed by atoms with van der Waals surface area (Å²) < 4.78 is 12.6. The molecule has 6 heteroatoms. The Morgan fingerprint density at radius 2 is 1.92 bits per heavy atom. The van der Waals surface area contributed by atoms with E-state index in [9.17, 15) is 4.39 Å². The van der Waals surface area contributed by atoms with Crippen molar-refractivity contribution in [1.82, 2.24) is 0 Å². The second-order valence-corrected chi connectivity index (χ2v) is 2.61. The lowest BCUT2D eigenvalue weighted by molar-refractivity contribution is 0.419. The molecule has 64 valence electrons. The fourth-order valence-corrected chi connectivity index (χ4v) is 0.996. The Kier molecular flexibility index (Phi) is 2.57. The maximum Gasteiger partial charge on any atom is 0.492 e. The van der Waals surface area contributed by atoms with Crippen LogP contribution in [-0.2, 0) is 0 Å². The van der Waals surface area contributed by atoms with Crippen LogP contribution in [0, 0.1) is 5.82 Å². The van der Waals surface area contributed by atoms with Gasteiger partial charge in [0.05, 0.1) is 5.02 Å². The van der Waals surface area contributed by atoms with Crippen molar-refractivity contribution in [3.63, 3.8) is 0 Å². The second-order valence-electron chi connectivity index (χ2n) is 2.20. The maximum atomic E-state index is 12.6. The monoisotopic (exact) mass is 190 g/mol. The number of hydrogen-bond acceptors (Lipinski definition) is 3. The Hall–Kier alpha value is -0.775. The zero-order valence-electron chi connectivity index (χ0n) is 5.83. The van der Waals surface area contributed by atoms with Gasteiger partial charge in [-0.1, -0.05) is 11.6 Å². The van der Waals surface area contributed by atoms with Crippen LogP contribution in [0.1, 0.15) is 0 Å². The second kappa shape index (κ2) is 3.31. The average Bonchev–Trinajstić information content (AvgIpc) is 1.96. The van der Waals surface area contributed by atoms with Crippen LogP contribution in [0.5, 0.6) is 5.75 Å². The standard InChI is InChI=1S/C6H5BClFO3/c8-5-2-3(9)1-4(6(5)10)7(11)12/h1-2,10-12H. The zero-order chi connectivity index (χ0) is 9.30. The molecule has 0 amide bonds. The van der Waals surface area contributed by atoms with Crippen molar-refractivity contribution in [2.45, 2.75) is 0 Å². The van der Waals surface area contributed by atoms with Crippen LogP contribution in [-0.4, -0.2) is 22.3 Å². The zero-order valence-corrected chi connectivity index (χ0v) is 6.59. The number of benzene rings is 1. The minimum absolute atomic E-state index is 0.252. The molecule has 1 rings (SSSR count). The Balaban J connectivity index is 3.28. The van der Waals surface area contributed by atoms with Gasteiger partial charge >= 0.3 is 7.12 Å². The lowest BCUT2D eigenvalue weighted by Crippen LogP contribution is -2.30. The maximum absolute atomic E-state index is 12.6. The highest BCUT2D eigenvalue weighted by Crippen LogP contribution is 2.21. The molecule has 3 N–H and O–H groups in total. The minimum Gasteiger partial charge on any atom is -0.507 e. The third-order valence-electron chi connectivity index (χ3n) is 1.34. The van der Waals surface area contributed by atoms with E-state index in [2.05, 4.69) is 0 Å². The lowest BCUT2D eigenvalue weighted by Gasteiger charge is -2.04.